The van der Waals surface area contributed by atoms with Gasteiger partial charge in [-0.2, -0.15) is 5.10 Å². The maximum absolute atomic E-state index is 14.0. The molecule has 0 radical (unpaired) electrons. The number of hydrogen-bond acceptors (Lipinski definition) is 6. The molecule has 25 heavy (non-hydrogen) atoms. The molecule has 0 aliphatic carbocycles. The van der Waals surface area contributed by atoms with Crippen LogP contribution in [0.1, 0.15) is 0 Å². The van der Waals surface area contributed by atoms with Crippen molar-refractivity contribution in [2.75, 3.05) is 36.0 Å². The minimum atomic E-state index is -0.243. The van der Waals surface area contributed by atoms with Gasteiger partial charge in [-0.3, -0.25) is 4.68 Å². The van der Waals surface area contributed by atoms with Gasteiger partial charge in [-0.1, -0.05) is 0 Å². The highest BCUT2D eigenvalue weighted by molar-refractivity contribution is 5.86. The molecule has 5 heterocycles. The van der Waals surface area contributed by atoms with Crippen LogP contribution in [-0.4, -0.2) is 50.9 Å². The summed E-state index contributed by atoms with van der Waals surface area (Å²) in [5, 5.41) is 5.27. The van der Waals surface area contributed by atoms with Crippen LogP contribution in [0.4, 0.5) is 16.0 Å². The van der Waals surface area contributed by atoms with Crippen molar-refractivity contribution >= 4 is 22.7 Å². The molecular weight excluding hydrogens is 321 g/mol. The largest absolute Gasteiger partial charge is 0.355 e. The van der Waals surface area contributed by atoms with Crippen LogP contribution in [0, 0.1) is 17.7 Å². The standard InChI is InChI=1S/C17H18FN7/c1-23-15-13(5-22-23)16(21-10-20-15)24-6-11-8-25(9-12(11)7-24)17-14(18)3-2-4-19-17/h2-5,10-12H,6-9H2,1H3. The topological polar surface area (TPSA) is 63.0 Å². The number of rotatable bonds is 2. The lowest BCUT2D eigenvalue weighted by molar-refractivity contribution is 0.533. The minimum absolute atomic E-state index is 0.243. The van der Waals surface area contributed by atoms with E-state index in [0.717, 1.165) is 43.0 Å². The zero-order chi connectivity index (χ0) is 17.0. The highest BCUT2D eigenvalue weighted by atomic mass is 19.1. The van der Waals surface area contributed by atoms with Crippen molar-refractivity contribution in [3.05, 3.63) is 36.7 Å². The highest BCUT2D eigenvalue weighted by Crippen LogP contribution is 2.37. The van der Waals surface area contributed by atoms with E-state index in [1.807, 2.05) is 13.2 Å². The molecule has 2 unspecified atom stereocenters. The van der Waals surface area contributed by atoms with Gasteiger partial charge >= 0.3 is 0 Å². The summed E-state index contributed by atoms with van der Waals surface area (Å²) >= 11 is 0. The van der Waals surface area contributed by atoms with Crippen LogP contribution < -0.4 is 9.80 Å². The van der Waals surface area contributed by atoms with Crippen molar-refractivity contribution in [3.8, 4) is 0 Å². The Hall–Kier alpha value is -2.77. The average molecular weight is 339 g/mol. The Bertz CT molecular complexity index is 926. The third-order valence-electron chi connectivity index (χ3n) is 5.33. The average Bonchev–Trinajstić information content (AvgIpc) is 3.28. The number of pyridine rings is 1. The summed E-state index contributed by atoms with van der Waals surface area (Å²) in [6.45, 7) is 3.49. The summed E-state index contributed by atoms with van der Waals surface area (Å²) in [7, 11) is 1.89. The van der Waals surface area contributed by atoms with Crippen LogP contribution in [0.3, 0.4) is 0 Å². The molecule has 0 N–H and O–H groups in total. The Labute approximate surface area is 144 Å². The molecule has 0 amide bonds. The molecule has 3 aromatic heterocycles. The second-order valence-electron chi connectivity index (χ2n) is 6.84. The van der Waals surface area contributed by atoms with Crippen LogP contribution in [-0.2, 0) is 7.05 Å². The van der Waals surface area contributed by atoms with E-state index in [0.29, 0.717) is 17.7 Å². The monoisotopic (exact) mass is 339 g/mol. The summed E-state index contributed by atoms with van der Waals surface area (Å²) < 4.78 is 15.8. The lowest BCUT2D eigenvalue weighted by atomic mass is 10.0. The van der Waals surface area contributed by atoms with Crippen LogP contribution >= 0.6 is 0 Å². The maximum Gasteiger partial charge on any atom is 0.165 e. The Kier molecular flexibility index (Phi) is 3.13. The number of anilines is 2. The number of halogens is 1. The predicted molar refractivity (Wildman–Crippen MR) is 91.9 cm³/mol. The zero-order valence-electron chi connectivity index (χ0n) is 13.9. The molecule has 2 aliphatic heterocycles. The predicted octanol–water partition coefficient (Wildman–Crippen LogP) is 1.47. The highest BCUT2D eigenvalue weighted by Gasteiger charge is 2.41. The Morgan fingerprint density at radius 1 is 1.00 bits per heavy atom. The van der Waals surface area contributed by atoms with Gasteiger partial charge in [0.05, 0.1) is 11.6 Å². The van der Waals surface area contributed by atoms with E-state index in [2.05, 4.69) is 29.9 Å². The molecule has 128 valence electrons. The molecule has 3 aromatic rings. The van der Waals surface area contributed by atoms with Gasteiger partial charge in [0, 0.05) is 51.3 Å². The van der Waals surface area contributed by atoms with Crippen LogP contribution in [0.5, 0.6) is 0 Å². The van der Waals surface area contributed by atoms with E-state index < -0.39 is 0 Å². The second-order valence-corrected chi connectivity index (χ2v) is 6.84. The van der Waals surface area contributed by atoms with E-state index in [9.17, 15) is 4.39 Å². The number of aromatic nitrogens is 5. The van der Waals surface area contributed by atoms with E-state index >= 15 is 0 Å². The lowest BCUT2D eigenvalue weighted by Crippen LogP contribution is -2.30. The molecule has 7 nitrogen and oxygen atoms in total. The molecule has 0 saturated carbocycles. The summed E-state index contributed by atoms with van der Waals surface area (Å²) in [5.41, 5.74) is 0.847. The first-order valence-corrected chi connectivity index (χ1v) is 8.44. The Balaban J connectivity index is 1.38. The smallest absolute Gasteiger partial charge is 0.165 e. The van der Waals surface area contributed by atoms with Crippen molar-refractivity contribution < 1.29 is 4.39 Å². The van der Waals surface area contributed by atoms with E-state index in [1.165, 1.54) is 6.07 Å². The summed E-state index contributed by atoms with van der Waals surface area (Å²) in [6.07, 6.45) is 5.08. The zero-order valence-corrected chi connectivity index (χ0v) is 13.9. The van der Waals surface area contributed by atoms with Gasteiger partial charge in [0.1, 0.15) is 12.1 Å². The van der Waals surface area contributed by atoms with E-state index in [4.69, 9.17) is 0 Å². The SMILES string of the molecule is Cn1ncc2c(N3CC4CN(c5ncccc5F)CC4C3)ncnc21. The van der Waals surface area contributed by atoms with Gasteiger partial charge in [-0.05, 0) is 12.1 Å². The number of nitrogens with zero attached hydrogens (tertiary/aromatic N) is 7. The van der Waals surface area contributed by atoms with Crippen molar-refractivity contribution in [2.45, 2.75) is 0 Å². The van der Waals surface area contributed by atoms with Gasteiger partial charge in [-0.25, -0.2) is 19.3 Å². The second kappa shape index (κ2) is 5.37. The molecule has 2 saturated heterocycles. The number of hydrogen-bond donors (Lipinski definition) is 0. The van der Waals surface area contributed by atoms with Crippen LogP contribution in [0.2, 0.25) is 0 Å². The summed E-state index contributed by atoms with van der Waals surface area (Å²) in [5.74, 6) is 2.15. The van der Waals surface area contributed by atoms with Crippen molar-refractivity contribution in [1.82, 2.24) is 24.7 Å². The van der Waals surface area contributed by atoms with Gasteiger partial charge in [-0.15, -0.1) is 0 Å². The fourth-order valence-electron chi connectivity index (χ4n) is 4.15. The lowest BCUT2D eigenvalue weighted by Gasteiger charge is -2.23. The fraction of sp³-hybridized carbons (Fsp3) is 0.412. The molecule has 2 atom stereocenters. The van der Waals surface area contributed by atoms with Gasteiger partial charge in [0.15, 0.2) is 17.3 Å². The van der Waals surface area contributed by atoms with Crippen molar-refractivity contribution in [3.63, 3.8) is 0 Å². The van der Waals surface area contributed by atoms with Gasteiger partial charge in [0.2, 0.25) is 0 Å². The van der Waals surface area contributed by atoms with Crippen molar-refractivity contribution in [2.24, 2.45) is 18.9 Å². The summed E-state index contributed by atoms with van der Waals surface area (Å²) in [4.78, 5) is 17.4. The third kappa shape index (κ3) is 2.24. The quantitative estimate of drug-likeness (QED) is 0.705. The minimum Gasteiger partial charge on any atom is -0.355 e. The molecule has 2 fully saturated rings. The molecular formula is C17H18FN7. The number of aryl methyl sites for hydroxylation is 1. The Morgan fingerprint density at radius 3 is 2.44 bits per heavy atom. The molecule has 0 spiro atoms. The first-order chi connectivity index (χ1) is 12.2. The normalized spacial score (nSPS) is 22.8. The van der Waals surface area contributed by atoms with Crippen LogP contribution in [0.25, 0.3) is 11.0 Å². The molecule has 0 aromatic carbocycles. The molecule has 8 heteroatoms. The molecule has 0 bridgehead atoms. The first kappa shape index (κ1) is 14.6. The molecule has 2 aliphatic rings. The van der Waals surface area contributed by atoms with Gasteiger partial charge in [0.25, 0.3) is 0 Å². The number of fused-ring (bicyclic) bond motifs is 2. The summed E-state index contributed by atoms with van der Waals surface area (Å²) in [6, 6.07) is 3.11. The maximum atomic E-state index is 14.0. The van der Waals surface area contributed by atoms with Crippen LogP contribution in [0.15, 0.2) is 30.9 Å². The third-order valence-corrected chi connectivity index (χ3v) is 5.33. The first-order valence-electron chi connectivity index (χ1n) is 8.44. The van der Waals surface area contributed by atoms with Crippen molar-refractivity contribution in [1.29, 1.82) is 0 Å². The van der Waals surface area contributed by atoms with Gasteiger partial charge < -0.3 is 9.80 Å². The Morgan fingerprint density at radius 2 is 1.72 bits per heavy atom. The molecule has 5 rings (SSSR count). The van der Waals surface area contributed by atoms with E-state index in [-0.39, 0.29) is 5.82 Å². The fourth-order valence-corrected chi connectivity index (χ4v) is 4.15. The van der Waals surface area contributed by atoms with E-state index in [1.54, 1.807) is 23.3 Å².